The van der Waals surface area contributed by atoms with Gasteiger partial charge in [-0.05, 0) is 67.4 Å². The summed E-state index contributed by atoms with van der Waals surface area (Å²) in [5.74, 6) is 0. The average molecular weight is 358 g/mol. The average Bonchev–Trinajstić information content (AvgIpc) is 2.75. The minimum absolute atomic E-state index is 0.186. The molecule has 1 heteroatoms. The van der Waals surface area contributed by atoms with E-state index in [4.69, 9.17) is 0 Å². The minimum Gasteiger partial charge on any atom is -0.302 e. The van der Waals surface area contributed by atoms with Gasteiger partial charge in [0.25, 0.3) is 0 Å². The molecule has 0 bridgehead atoms. The van der Waals surface area contributed by atoms with E-state index in [1.807, 2.05) is 0 Å². The fraction of sp³-hybridized carbons (Fsp3) is 0.308. The van der Waals surface area contributed by atoms with Gasteiger partial charge in [-0.1, -0.05) is 78.9 Å². The third-order valence-corrected chi connectivity index (χ3v) is 5.34. The van der Waals surface area contributed by atoms with Crippen LogP contribution < -0.4 is 5.32 Å². The van der Waals surface area contributed by atoms with Gasteiger partial charge in [0.15, 0.2) is 0 Å². The van der Waals surface area contributed by atoms with Crippen LogP contribution in [0.3, 0.4) is 0 Å². The van der Waals surface area contributed by atoms with Gasteiger partial charge in [-0.15, -0.1) is 0 Å². The molecule has 0 amide bonds. The number of nitrogens with one attached hydrogen (secondary N) is 1. The van der Waals surface area contributed by atoms with Crippen LogP contribution in [0.25, 0.3) is 0 Å². The Hall–Kier alpha value is -2.38. The van der Waals surface area contributed by atoms with Crippen LogP contribution in [0.1, 0.15) is 56.7 Å². The van der Waals surface area contributed by atoms with Gasteiger partial charge in [0.05, 0.1) is 6.04 Å². The molecular formula is C26H31N. The van der Waals surface area contributed by atoms with Crippen molar-refractivity contribution in [2.75, 3.05) is 0 Å². The molecule has 1 aliphatic carbocycles. The largest absolute Gasteiger partial charge is 0.302 e. The van der Waals surface area contributed by atoms with E-state index in [1.165, 1.54) is 53.5 Å². The lowest BCUT2D eigenvalue weighted by atomic mass is 9.84. The fourth-order valence-corrected chi connectivity index (χ4v) is 3.97. The molecular weight excluding hydrogens is 326 g/mol. The van der Waals surface area contributed by atoms with Crippen molar-refractivity contribution < 1.29 is 0 Å². The van der Waals surface area contributed by atoms with Crippen molar-refractivity contribution in [2.45, 2.75) is 52.1 Å². The van der Waals surface area contributed by atoms with Gasteiger partial charge < -0.3 is 5.32 Å². The lowest BCUT2D eigenvalue weighted by Crippen LogP contribution is -2.24. The SMILES string of the molecule is C/C=C(C1=CCCCC1)/C(=C\C)C(NCc1ccccc1)c1ccccc1. The molecule has 1 N–H and O–H groups in total. The highest BCUT2D eigenvalue weighted by Crippen LogP contribution is 2.35. The van der Waals surface area contributed by atoms with Crippen molar-refractivity contribution in [3.63, 3.8) is 0 Å². The summed E-state index contributed by atoms with van der Waals surface area (Å²) >= 11 is 0. The highest BCUT2D eigenvalue weighted by Gasteiger charge is 2.21. The Morgan fingerprint density at radius 3 is 2.22 bits per heavy atom. The highest BCUT2D eigenvalue weighted by molar-refractivity contribution is 5.51. The Kier molecular flexibility index (Phi) is 7.24. The molecule has 0 heterocycles. The van der Waals surface area contributed by atoms with Crippen molar-refractivity contribution in [1.82, 2.24) is 5.32 Å². The molecule has 2 aromatic rings. The Bertz CT molecular complexity index is 797. The van der Waals surface area contributed by atoms with Crippen molar-refractivity contribution in [3.8, 4) is 0 Å². The van der Waals surface area contributed by atoms with Crippen LogP contribution in [0.15, 0.2) is 95.6 Å². The number of hydrogen-bond donors (Lipinski definition) is 1. The van der Waals surface area contributed by atoms with Gasteiger partial charge in [-0.3, -0.25) is 0 Å². The first-order chi connectivity index (χ1) is 13.3. The first-order valence-electron chi connectivity index (χ1n) is 10.2. The zero-order chi connectivity index (χ0) is 18.9. The Morgan fingerprint density at radius 2 is 1.63 bits per heavy atom. The van der Waals surface area contributed by atoms with Crippen molar-refractivity contribution in [2.24, 2.45) is 0 Å². The Labute approximate surface area is 164 Å². The summed E-state index contributed by atoms with van der Waals surface area (Å²) in [5, 5.41) is 3.82. The second-order valence-corrected chi connectivity index (χ2v) is 7.13. The first kappa shape index (κ1) is 19.4. The van der Waals surface area contributed by atoms with E-state index in [-0.39, 0.29) is 6.04 Å². The maximum atomic E-state index is 3.82. The van der Waals surface area contributed by atoms with Crippen LogP contribution in [0.2, 0.25) is 0 Å². The molecule has 3 rings (SSSR count). The van der Waals surface area contributed by atoms with E-state index in [1.54, 1.807) is 0 Å². The van der Waals surface area contributed by atoms with Gasteiger partial charge in [0.1, 0.15) is 0 Å². The molecule has 2 aromatic carbocycles. The fourth-order valence-electron chi connectivity index (χ4n) is 3.97. The molecule has 0 saturated heterocycles. The normalized spacial score (nSPS) is 16.7. The topological polar surface area (TPSA) is 12.0 Å². The van der Waals surface area contributed by atoms with Crippen LogP contribution >= 0.6 is 0 Å². The number of allylic oxidation sites excluding steroid dienone is 4. The third kappa shape index (κ3) is 5.08. The van der Waals surface area contributed by atoms with Crippen molar-refractivity contribution >= 4 is 0 Å². The molecule has 1 nitrogen and oxygen atoms in total. The third-order valence-electron chi connectivity index (χ3n) is 5.34. The zero-order valence-corrected chi connectivity index (χ0v) is 16.6. The van der Waals surface area contributed by atoms with Gasteiger partial charge in [-0.2, -0.15) is 0 Å². The molecule has 140 valence electrons. The van der Waals surface area contributed by atoms with Crippen LogP contribution in [0, 0.1) is 0 Å². The monoisotopic (exact) mass is 357 g/mol. The maximum absolute atomic E-state index is 3.82. The Balaban J connectivity index is 1.91. The summed E-state index contributed by atoms with van der Waals surface area (Å²) in [4.78, 5) is 0. The second kappa shape index (κ2) is 10.1. The number of benzene rings is 2. The smallest absolute Gasteiger partial charge is 0.0581 e. The summed E-state index contributed by atoms with van der Waals surface area (Å²) in [6.07, 6.45) is 12.1. The molecule has 1 aliphatic rings. The predicted octanol–water partition coefficient (Wildman–Crippen LogP) is 6.91. The van der Waals surface area contributed by atoms with E-state index in [0.29, 0.717) is 0 Å². The van der Waals surface area contributed by atoms with E-state index in [0.717, 1.165) is 6.54 Å². The highest BCUT2D eigenvalue weighted by atomic mass is 14.9. The summed E-state index contributed by atoms with van der Waals surface area (Å²) in [7, 11) is 0. The van der Waals surface area contributed by atoms with E-state index < -0.39 is 0 Å². The van der Waals surface area contributed by atoms with Crippen LogP contribution in [-0.4, -0.2) is 0 Å². The van der Waals surface area contributed by atoms with Crippen LogP contribution in [0.4, 0.5) is 0 Å². The lowest BCUT2D eigenvalue weighted by molar-refractivity contribution is 0.596. The van der Waals surface area contributed by atoms with E-state index in [9.17, 15) is 0 Å². The number of hydrogen-bond acceptors (Lipinski definition) is 1. The van der Waals surface area contributed by atoms with Crippen molar-refractivity contribution in [3.05, 3.63) is 107 Å². The van der Waals surface area contributed by atoms with Gasteiger partial charge in [0.2, 0.25) is 0 Å². The molecule has 0 spiro atoms. The Morgan fingerprint density at radius 1 is 0.926 bits per heavy atom. The molecule has 1 atom stereocenters. The number of rotatable bonds is 7. The summed E-state index contributed by atoms with van der Waals surface area (Å²) in [5.41, 5.74) is 6.93. The molecule has 0 radical (unpaired) electrons. The second-order valence-electron chi connectivity index (χ2n) is 7.13. The standard InChI is InChI=1S/C26H31N/c1-3-24(22-16-10-6-11-17-22)25(4-2)26(23-18-12-7-13-19-23)27-20-21-14-8-5-9-15-21/h3-5,7-9,12-16,18-19,26-27H,6,10-11,17,20H2,1-2H3/b24-3+,25-4+. The molecule has 0 fully saturated rings. The molecule has 0 saturated carbocycles. The van der Waals surface area contributed by atoms with Gasteiger partial charge in [-0.25, -0.2) is 0 Å². The van der Waals surface area contributed by atoms with Crippen LogP contribution in [0.5, 0.6) is 0 Å². The molecule has 27 heavy (non-hydrogen) atoms. The first-order valence-corrected chi connectivity index (χ1v) is 10.2. The zero-order valence-electron chi connectivity index (χ0n) is 16.6. The summed E-state index contributed by atoms with van der Waals surface area (Å²) in [6.45, 7) is 5.20. The van der Waals surface area contributed by atoms with Gasteiger partial charge >= 0.3 is 0 Å². The molecule has 0 aliphatic heterocycles. The minimum atomic E-state index is 0.186. The van der Waals surface area contributed by atoms with Gasteiger partial charge in [0, 0.05) is 6.54 Å². The molecule has 0 aromatic heterocycles. The van der Waals surface area contributed by atoms with Crippen LogP contribution in [-0.2, 0) is 6.54 Å². The lowest BCUT2D eigenvalue weighted by Gasteiger charge is -2.27. The quantitative estimate of drug-likeness (QED) is 0.531. The predicted molar refractivity (Wildman–Crippen MR) is 117 cm³/mol. The summed E-state index contributed by atoms with van der Waals surface area (Å²) < 4.78 is 0. The van der Waals surface area contributed by atoms with E-state index in [2.05, 4.69) is 98.1 Å². The van der Waals surface area contributed by atoms with E-state index >= 15 is 0 Å². The molecule has 1 unspecified atom stereocenters. The van der Waals surface area contributed by atoms with Crippen molar-refractivity contribution in [1.29, 1.82) is 0 Å². The maximum Gasteiger partial charge on any atom is 0.0581 e. The summed E-state index contributed by atoms with van der Waals surface area (Å²) in [6, 6.07) is 21.7.